The minimum absolute atomic E-state index is 0.0203. The molecule has 4 rings (SSSR count). The molecule has 126 valence electrons. The lowest BCUT2D eigenvalue weighted by Gasteiger charge is -2.07. The molecule has 0 saturated heterocycles. The van der Waals surface area contributed by atoms with Crippen molar-refractivity contribution in [1.29, 1.82) is 0 Å². The lowest BCUT2D eigenvalue weighted by atomic mass is 10.1. The van der Waals surface area contributed by atoms with Gasteiger partial charge in [-0.15, -0.1) is 21.5 Å². The van der Waals surface area contributed by atoms with Crippen LogP contribution >= 0.6 is 11.3 Å². The summed E-state index contributed by atoms with van der Waals surface area (Å²) in [6.07, 6.45) is 3.78. The molecule has 0 spiro atoms. The number of aromatic nitrogens is 6. The molecule has 0 aromatic carbocycles. The molecule has 0 aliphatic heterocycles. The van der Waals surface area contributed by atoms with Gasteiger partial charge in [0.2, 0.25) is 0 Å². The van der Waals surface area contributed by atoms with Crippen LogP contribution in [0.15, 0.2) is 30.0 Å². The van der Waals surface area contributed by atoms with Gasteiger partial charge in [0.15, 0.2) is 11.4 Å². The smallest absolute Gasteiger partial charge is 0.173 e. The van der Waals surface area contributed by atoms with Gasteiger partial charge in [-0.1, -0.05) is 0 Å². The zero-order chi connectivity index (χ0) is 17.6. The first-order valence-corrected chi connectivity index (χ1v) is 8.68. The molecule has 0 N–H and O–H groups in total. The highest BCUT2D eigenvalue weighted by Crippen LogP contribution is 2.24. The zero-order valence-corrected chi connectivity index (χ0v) is 14.9. The van der Waals surface area contributed by atoms with Gasteiger partial charge >= 0.3 is 0 Å². The molecule has 0 aliphatic carbocycles. The lowest BCUT2D eigenvalue weighted by molar-refractivity contribution is 0.0994. The number of thiazole rings is 1. The number of carbonyl (C=O) groups is 1. The number of carbonyl (C=O) groups excluding carboxylic acids is 1. The van der Waals surface area contributed by atoms with Crippen LogP contribution in [0.25, 0.3) is 16.9 Å². The van der Waals surface area contributed by atoms with Gasteiger partial charge in [0.25, 0.3) is 0 Å². The summed E-state index contributed by atoms with van der Waals surface area (Å²) in [5.74, 6) is -0.0203. The van der Waals surface area contributed by atoms with Crippen molar-refractivity contribution in [1.82, 2.24) is 29.4 Å². The minimum Gasteiger partial charge on any atom is -0.294 e. The number of pyridine rings is 1. The molecule has 0 atom stereocenters. The highest BCUT2D eigenvalue weighted by molar-refractivity contribution is 7.09. The van der Waals surface area contributed by atoms with Gasteiger partial charge in [-0.25, -0.2) is 4.98 Å². The Labute approximate surface area is 148 Å². The summed E-state index contributed by atoms with van der Waals surface area (Å²) in [5.41, 5.74) is 4.79. The first-order valence-electron chi connectivity index (χ1n) is 7.80. The molecule has 25 heavy (non-hydrogen) atoms. The molecule has 0 fully saturated rings. The normalized spacial score (nSPS) is 11.3. The number of ketones is 1. The Bertz CT molecular complexity index is 1090. The minimum atomic E-state index is -0.0203. The maximum absolute atomic E-state index is 12.9. The molecule has 7 nitrogen and oxygen atoms in total. The monoisotopic (exact) mass is 352 g/mol. The predicted octanol–water partition coefficient (Wildman–Crippen LogP) is 2.63. The third kappa shape index (κ3) is 2.85. The van der Waals surface area contributed by atoms with Crippen LogP contribution in [0.3, 0.4) is 0 Å². The van der Waals surface area contributed by atoms with Crippen LogP contribution in [0.5, 0.6) is 0 Å². The Hall–Kier alpha value is -2.87. The maximum atomic E-state index is 12.9. The van der Waals surface area contributed by atoms with Gasteiger partial charge in [-0.2, -0.15) is 5.10 Å². The highest BCUT2D eigenvalue weighted by Gasteiger charge is 2.18. The van der Waals surface area contributed by atoms with Gasteiger partial charge in [-0.05, 0) is 26.0 Å². The molecule has 0 bridgehead atoms. The molecule has 0 radical (unpaired) electrons. The molecule has 0 amide bonds. The topological polar surface area (TPSA) is 78.0 Å². The second kappa shape index (κ2) is 5.89. The summed E-state index contributed by atoms with van der Waals surface area (Å²) in [5, 5.41) is 15.2. The third-order valence-corrected chi connectivity index (χ3v) is 4.94. The van der Waals surface area contributed by atoms with Gasteiger partial charge in [-0.3, -0.25) is 13.9 Å². The third-order valence-electron chi connectivity index (χ3n) is 3.97. The number of hydrogen-bond donors (Lipinski definition) is 0. The van der Waals surface area contributed by atoms with Crippen molar-refractivity contribution in [3.05, 3.63) is 52.0 Å². The van der Waals surface area contributed by atoms with Crippen molar-refractivity contribution in [2.45, 2.75) is 20.3 Å². The second-order valence-corrected chi connectivity index (χ2v) is 6.92. The van der Waals surface area contributed by atoms with E-state index in [2.05, 4.69) is 20.3 Å². The standard InChI is InChI=1S/C17H16N6OS/c1-10-4-14(22(3)21-10)12-5-13(17-20-18-9-23(17)7-12)15(24)6-16-19-11(2)8-25-16/h4-5,7-9H,6H2,1-3H3. The Morgan fingerprint density at radius 1 is 1.24 bits per heavy atom. The van der Waals surface area contributed by atoms with E-state index >= 15 is 0 Å². The van der Waals surface area contributed by atoms with E-state index in [9.17, 15) is 4.79 Å². The van der Waals surface area contributed by atoms with Crippen molar-refractivity contribution in [2.24, 2.45) is 7.05 Å². The molecule has 0 unspecified atom stereocenters. The number of nitrogens with zero attached hydrogens (tertiary/aromatic N) is 6. The lowest BCUT2D eigenvalue weighted by Crippen LogP contribution is -2.07. The average molecular weight is 352 g/mol. The van der Waals surface area contributed by atoms with Gasteiger partial charge in [0.05, 0.1) is 23.4 Å². The van der Waals surface area contributed by atoms with Crippen LogP contribution in [0.1, 0.15) is 26.8 Å². The van der Waals surface area contributed by atoms with Crippen molar-refractivity contribution < 1.29 is 4.79 Å². The van der Waals surface area contributed by atoms with Gasteiger partial charge in [0, 0.05) is 29.9 Å². The Morgan fingerprint density at radius 2 is 2.08 bits per heavy atom. The molecular formula is C17H16N6OS. The fourth-order valence-electron chi connectivity index (χ4n) is 2.88. The van der Waals surface area contributed by atoms with E-state index in [1.54, 1.807) is 15.4 Å². The van der Waals surface area contributed by atoms with Crippen LogP contribution in [-0.4, -0.2) is 35.1 Å². The molecule has 0 aliphatic rings. The van der Waals surface area contributed by atoms with Crippen LogP contribution in [0.4, 0.5) is 0 Å². The van der Waals surface area contributed by atoms with Crippen LogP contribution in [0, 0.1) is 13.8 Å². The van der Waals surface area contributed by atoms with E-state index < -0.39 is 0 Å². The largest absolute Gasteiger partial charge is 0.294 e. The van der Waals surface area contributed by atoms with Crippen molar-refractivity contribution in [3.8, 4) is 11.3 Å². The Kier molecular flexibility index (Phi) is 3.69. The number of rotatable bonds is 4. The first-order chi connectivity index (χ1) is 12.0. The fraction of sp³-hybridized carbons (Fsp3) is 0.235. The maximum Gasteiger partial charge on any atom is 0.173 e. The summed E-state index contributed by atoms with van der Waals surface area (Å²) in [6.45, 7) is 3.87. The van der Waals surface area contributed by atoms with E-state index in [0.717, 1.165) is 27.7 Å². The highest BCUT2D eigenvalue weighted by atomic mass is 32.1. The number of fused-ring (bicyclic) bond motifs is 1. The summed E-state index contributed by atoms with van der Waals surface area (Å²) >= 11 is 1.50. The first kappa shape index (κ1) is 15.6. The van der Waals surface area contributed by atoms with E-state index in [0.29, 0.717) is 11.2 Å². The molecule has 4 aromatic rings. The summed E-state index contributed by atoms with van der Waals surface area (Å²) in [6, 6.07) is 3.85. The van der Waals surface area contributed by atoms with Crippen molar-refractivity contribution in [2.75, 3.05) is 0 Å². The van der Waals surface area contributed by atoms with Gasteiger partial charge < -0.3 is 0 Å². The van der Waals surface area contributed by atoms with E-state index in [4.69, 9.17) is 0 Å². The molecule has 4 aromatic heterocycles. The quantitative estimate of drug-likeness (QED) is 0.528. The molecule has 8 heteroatoms. The number of hydrogen-bond acceptors (Lipinski definition) is 6. The Balaban J connectivity index is 1.81. The fourth-order valence-corrected chi connectivity index (χ4v) is 3.65. The Morgan fingerprint density at radius 3 is 2.76 bits per heavy atom. The summed E-state index contributed by atoms with van der Waals surface area (Å²) < 4.78 is 3.58. The summed E-state index contributed by atoms with van der Waals surface area (Å²) in [7, 11) is 1.89. The van der Waals surface area contributed by atoms with E-state index in [-0.39, 0.29) is 12.2 Å². The zero-order valence-electron chi connectivity index (χ0n) is 14.1. The molecule has 4 heterocycles. The molecule has 0 saturated carbocycles. The SMILES string of the molecule is Cc1csc(CC(=O)c2cc(-c3cc(C)nn3C)cn3cnnc23)n1. The number of aryl methyl sites for hydroxylation is 3. The van der Waals surface area contributed by atoms with Crippen LogP contribution < -0.4 is 0 Å². The second-order valence-electron chi connectivity index (χ2n) is 5.98. The predicted molar refractivity (Wildman–Crippen MR) is 94.8 cm³/mol. The van der Waals surface area contributed by atoms with Crippen LogP contribution in [0.2, 0.25) is 0 Å². The molecular weight excluding hydrogens is 336 g/mol. The summed E-state index contributed by atoms with van der Waals surface area (Å²) in [4.78, 5) is 17.3. The van der Waals surface area contributed by atoms with Crippen LogP contribution in [-0.2, 0) is 13.5 Å². The number of Topliss-reactive ketones (excluding diaryl/α,β-unsaturated/α-hetero) is 1. The van der Waals surface area contributed by atoms with E-state index in [1.807, 2.05) is 44.6 Å². The van der Waals surface area contributed by atoms with Crippen molar-refractivity contribution in [3.63, 3.8) is 0 Å². The van der Waals surface area contributed by atoms with Gasteiger partial charge in [0.1, 0.15) is 11.3 Å². The average Bonchev–Trinajstić information content (AvgIpc) is 3.26. The van der Waals surface area contributed by atoms with E-state index in [1.165, 1.54) is 11.3 Å². The van der Waals surface area contributed by atoms with Crippen molar-refractivity contribution >= 4 is 22.8 Å².